The molecule has 1 N–H and O–H groups in total. The third kappa shape index (κ3) is 7.99. The molecule has 0 aromatic heterocycles. The van der Waals surface area contributed by atoms with Crippen molar-refractivity contribution in [2.24, 2.45) is 5.92 Å². The molecule has 7 nitrogen and oxygen atoms in total. The topological polar surface area (TPSA) is 73.0 Å². The number of likely N-dealkylation sites (N-methyl/N-ethyl adjacent to an activating group) is 2. The van der Waals surface area contributed by atoms with Crippen molar-refractivity contribution in [1.82, 2.24) is 20.0 Å². The fraction of sp³-hybridized carbons (Fsp3) is 0.424. The predicted octanol–water partition coefficient (Wildman–Crippen LogP) is 3.55. The molecule has 0 bridgehead atoms. The molecule has 3 aromatic rings. The summed E-state index contributed by atoms with van der Waals surface area (Å²) in [5.41, 5.74) is 1.91. The van der Waals surface area contributed by atoms with Crippen molar-refractivity contribution in [2.45, 2.75) is 38.3 Å². The fourth-order valence-corrected chi connectivity index (χ4v) is 5.82. The molecule has 41 heavy (non-hydrogen) atoms. The molecule has 3 atom stereocenters. The van der Waals surface area contributed by atoms with E-state index in [0.717, 1.165) is 21.9 Å². The molecule has 1 heterocycles. The number of fused-ring (bicyclic) bond motifs is 1. The van der Waals surface area contributed by atoms with Gasteiger partial charge in [-0.15, -0.1) is 0 Å². The second-order valence-corrected chi connectivity index (χ2v) is 11.4. The van der Waals surface area contributed by atoms with Crippen LogP contribution in [0.5, 0.6) is 0 Å². The lowest BCUT2D eigenvalue weighted by Crippen LogP contribution is -2.60. The van der Waals surface area contributed by atoms with Crippen molar-refractivity contribution in [2.75, 3.05) is 47.3 Å². The molecular formula is C33H41FN4O3. The molecule has 3 aromatic carbocycles. The highest BCUT2D eigenvalue weighted by atomic mass is 19.1. The lowest BCUT2D eigenvalue weighted by Gasteiger charge is -2.43. The minimum Gasteiger partial charge on any atom is -0.358 e. The summed E-state index contributed by atoms with van der Waals surface area (Å²) in [5, 5.41) is 5.13. The Kier molecular flexibility index (Phi) is 10.2. The standard InChI is InChI=1S/C33H41FN4O3/c1-23-21-37(31(32(40)35-2)19-25-9-12-26-7-5-6-8-27(26)18-25)15-16-38(23)33(41)28(20-30(39)22-36(3)4)17-24-10-13-29(34)14-11-24/h5-14,18,23,28,31H,15-17,19-22H2,1-4H3,(H,35,40). The van der Waals surface area contributed by atoms with Crippen molar-refractivity contribution in [1.29, 1.82) is 0 Å². The molecule has 218 valence electrons. The third-order valence-electron chi connectivity index (χ3n) is 7.89. The monoisotopic (exact) mass is 560 g/mol. The van der Waals surface area contributed by atoms with Gasteiger partial charge in [-0.3, -0.25) is 19.3 Å². The number of halogens is 1. The van der Waals surface area contributed by atoms with Gasteiger partial charge in [0.2, 0.25) is 11.8 Å². The van der Waals surface area contributed by atoms with Gasteiger partial charge in [0.25, 0.3) is 0 Å². The van der Waals surface area contributed by atoms with Gasteiger partial charge in [0.05, 0.1) is 12.6 Å². The van der Waals surface area contributed by atoms with Crippen molar-refractivity contribution < 1.29 is 18.8 Å². The number of nitrogens with one attached hydrogen (secondary N) is 1. The molecular weight excluding hydrogens is 519 g/mol. The zero-order valence-corrected chi connectivity index (χ0v) is 24.5. The van der Waals surface area contributed by atoms with Crippen molar-refractivity contribution in [3.05, 3.63) is 83.7 Å². The molecule has 4 rings (SSSR count). The summed E-state index contributed by atoms with van der Waals surface area (Å²) in [5.74, 6) is -0.987. The Morgan fingerprint density at radius 1 is 0.951 bits per heavy atom. The first-order chi connectivity index (χ1) is 19.6. The average molecular weight is 561 g/mol. The molecule has 3 unspecified atom stereocenters. The van der Waals surface area contributed by atoms with Crippen LogP contribution in [0.15, 0.2) is 66.7 Å². The van der Waals surface area contributed by atoms with Crippen LogP contribution in [0.25, 0.3) is 10.8 Å². The van der Waals surface area contributed by atoms with Crippen molar-refractivity contribution in [3.8, 4) is 0 Å². The molecule has 1 aliphatic rings. The van der Waals surface area contributed by atoms with Crippen LogP contribution < -0.4 is 5.32 Å². The molecule has 1 fully saturated rings. The van der Waals surface area contributed by atoms with E-state index in [9.17, 15) is 18.8 Å². The van der Waals surface area contributed by atoms with E-state index < -0.39 is 5.92 Å². The van der Waals surface area contributed by atoms with Crippen LogP contribution in [0.4, 0.5) is 4.39 Å². The Balaban J connectivity index is 1.48. The molecule has 8 heteroatoms. The van der Waals surface area contributed by atoms with Gasteiger partial charge in [0.1, 0.15) is 11.6 Å². The highest BCUT2D eigenvalue weighted by Crippen LogP contribution is 2.23. The number of benzene rings is 3. The van der Waals surface area contributed by atoms with E-state index >= 15 is 0 Å². The molecule has 0 radical (unpaired) electrons. The number of hydrogen-bond acceptors (Lipinski definition) is 5. The Hall–Kier alpha value is -3.62. The van der Waals surface area contributed by atoms with Gasteiger partial charge >= 0.3 is 0 Å². The van der Waals surface area contributed by atoms with E-state index in [1.165, 1.54) is 12.1 Å². The lowest BCUT2D eigenvalue weighted by atomic mass is 9.91. The van der Waals surface area contributed by atoms with Gasteiger partial charge in [0, 0.05) is 45.1 Å². The maximum atomic E-state index is 13.9. The predicted molar refractivity (Wildman–Crippen MR) is 160 cm³/mol. The molecule has 2 amide bonds. The molecule has 1 aliphatic heterocycles. The van der Waals surface area contributed by atoms with Crippen LogP contribution >= 0.6 is 0 Å². The SMILES string of the molecule is CNC(=O)C(Cc1ccc2ccccc2c1)N1CCN(C(=O)C(CC(=O)CN(C)C)Cc2ccc(F)cc2)C(C)C1. The summed E-state index contributed by atoms with van der Waals surface area (Å²) < 4.78 is 13.5. The summed E-state index contributed by atoms with van der Waals surface area (Å²) in [6, 6.07) is 20.1. The number of Topliss-reactive ketones (excluding diaryl/α,β-unsaturated/α-hetero) is 1. The Morgan fingerprint density at radius 2 is 1.63 bits per heavy atom. The van der Waals surface area contributed by atoms with E-state index in [0.29, 0.717) is 32.5 Å². The summed E-state index contributed by atoms with van der Waals surface area (Å²) in [6.07, 6.45) is 1.07. The minimum absolute atomic E-state index is 0.00295. The minimum atomic E-state index is -0.533. The molecule has 0 spiro atoms. The van der Waals surface area contributed by atoms with Gasteiger partial charge in [-0.2, -0.15) is 0 Å². The number of carbonyl (C=O) groups excluding carboxylic acids is 3. The zero-order chi connectivity index (χ0) is 29.5. The van der Waals surface area contributed by atoms with E-state index in [2.05, 4.69) is 40.5 Å². The van der Waals surface area contributed by atoms with Crippen LogP contribution in [0.3, 0.4) is 0 Å². The van der Waals surface area contributed by atoms with Gasteiger partial charge in [-0.25, -0.2) is 4.39 Å². The average Bonchev–Trinajstić information content (AvgIpc) is 2.95. The number of piperazine rings is 1. The van der Waals surface area contributed by atoms with E-state index in [-0.39, 0.29) is 48.5 Å². The smallest absolute Gasteiger partial charge is 0.237 e. The first-order valence-corrected chi connectivity index (χ1v) is 14.3. The molecule has 0 aliphatic carbocycles. The van der Waals surface area contributed by atoms with Crippen LogP contribution in [-0.4, -0.2) is 91.7 Å². The van der Waals surface area contributed by atoms with E-state index in [4.69, 9.17) is 0 Å². The van der Waals surface area contributed by atoms with Crippen LogP contribution in [0.2, 0.25) is 0 Å². The van der Waals surface area contributed by atoms with Crippen LogP contribution in [-0.2, 0) is 27.2 Å². The summed E-state index contributed by atoms with van der Waals surface area (Å²) >= 11 is 0. The first kappa shape index (κ1) is 30.3. The van der Waals surface area contributed by atoms with E-state index in [1.54, 1.807) is 24.1 Å². The van der Waals surface area contributed by atoms with Gasteiger partial charge in [0.15, 0.2) is 0 Å². The second-order valence-electron chi connectivity index (χ2n) is 11.4. The Labute approximate surface area is 242 Å². The van der Waals surface area contributed by atoms with Crippen molar-refractivity contribution >= 4 is 28.4 Å². The fourth-order valence-electron chi connectivity index (χ4n) is 5.82. The van der Waals surface area contributed by atoms with Gasteiger partial charge in [-0.05, 0) is 67.9 Å². The second kappa shape index (κ2) is 13.8. The maximum absolute atomic E-state index is 13.9. The highest BCUT2D eigenvalue weighted by molar-refractivity contribution is 5.88. The third-order valence-corrected chi connectivity index (χ3v) is 7.89. The number of ketones is 1. The van der Waals surface area contributed by atoms with Crippen LogP contribution in [0.1, 0.15) is 24.5 Å². The number of nitrogens with zero attached hydrogens (tertiary/aromatic N) is 3. The van der Waals surface area contributed by atoms with E-state index in [1.807, 2.05) is 38.1 Å². The molecule has 0 saturated carbocycles. The van der Waals surface area contributed by atoms with Crippen LogP contribution in [0, 0.1) is 11.7 Å². The zero-order valence-electron chi connectivity index (χ0n) is 24.5. The summed E-state index contributed by atoms with van der Waals surface area (Å²) in [4.78, 5) is 45.5. The molecule has 1 saturated heterocycles. The number of carbonyl (C=O) groups is 3. The van der Waals surface area contributed by atoms with Crippen molar-refractivity contribution in [3.63, 3.8) is 0 Å². The number of hydrogen-bond donors (Lipinski definition) is 1. The summed E-state index contributed by atoms with van der Waals surface area (Å²) in [7, 11) is 5.32. The lowest BCUT2D eigenvalue weighted by molar-refractivity contribution is -0.143. The highest BCUT2D eigenvalue weighted by Gasteiger charge is 2.36. The normalized spacial score (nSPS) is 17.4. The van der Waals surface area contributed by atoms with Gasteiger partial charge < -0.3 is 15.1 Å². The number of amides is 2. The summed E-state index contributed by atoms with van der Waals surface area (Å²) in [6.45, 7) is 3.83. The maximum Gasteiger partial charge on any atom is 0.237 e. The number of rotatable bonds is 11. The first-order valence-electron chi connectivity index (χ1n) is 14.3. The Bertz CT molecular complexity index is 1360. The largest absolute Gasteiger partial charge is 0.358 e. The quantitative estimate of drug-likeness (QED) is 0.389. The Morgan fingerprint density at radius 3 is 2.29 bits per heavy atom. The van der Waals surface area contributed by atoms with Gasteiger partial charge in [-0.1, -0.05) is 54.6 Å².